The van der Waals surface area contributed by atoms with Crippen LogP contribution in [0.15, 0.2) is 11.6 Å². The molecule has 0 heterocycles. The Bertz CT molecular complexity index is 663. The Morgan fingerprint density at radius 1 is 1.07 bits per heavy atom. The number of aliphatic hydroxyl groups excluding tert-OH is 1. The third-order valence-corrected chi connectivity index (χ3v) is 10.2. The van der Waals surface area contributed by atoms with Gasteiger partial charge in [0.1, 0.15) is 0 Å². The van der Waals surface area contributed by atoms with Gasteiger partial charge in [0.15, 0.2) is 5.78 Å². The van der Waals surface area contributed by atoms with Crippen LogP contribution in [-0.4, -0.2) is 17.0 Å². The quantitative estimate of drug-likeness (QED) is 0.567. The van der Waals surface area contributed by atoms with Crippen molar-refractivity contribution >= 4 is 5.78 Å². The molecule has 0 aromatic heterocycles. The minimum absolute atomic E-state index is 0.0541. The van der Waals surface area contributed by atoms with Crippen LogP contribution in [-0.2, 0) is 4.79 Å². The molecule has 3 saturated carbocycles. The maximum Gasteiger partial charge on any atom is 0.155 e. The lowest BCUT2D eigenvalue weighted by Gasteiger charge is -2.59. The summed E-state index contributed by atoms with van der Waals surface area (Å²) in [6, 6.07) is 0. The first kappa shape index (κ1) is 21.6. The second kappa shape index (κ2) is 7.81. The molecule has 0 saturated heterocycles. The largest absolute Gasteiger partial charge is 0.389 e. The molecule has 0 radical (unpaired) electrons. The molecule has 164 valence electrons. The molecular weight excluding hydrogens is 356 g/mol. The van der Waals surface area contributed by atoms with Gasteiger partial charge in [-0.15, -0.1) is 0 Å². The number of ketones is 1. The van der Waals surface area contributed by atoms with Crippen molar-refractivity contribution in [3.63, 3.8) is 0 Å². The van der Waals surface area contributed by atoms with Crippen LogP contribution < -0.4 is 0 Å². The van der Waals surface area contributed by atoms with Crippen LogP contribution in [0.2, 0.25) is 0 Å². The third-order valence-electron chi connectivity index (χ3n) is 10.2. The van der Waals surface area contributed by atoms with E-state index in [1.807, 2.05) is 6.08 Å². The minimum Gasteiger partial charge on any atom is -0.389 e. The first-order chi connectivity index (χ1) is 13.7. The predicted octanol–water partition coefficient (Wildman–Crippen LogP) is 6.57. The fourth-order valence-electron chi connectivity index (χ4n) is 8.63. The molecule has 0 aromatic rings. The fourth-order valence-corrected chi connectivity index (χ4v) is 8.63. The van der Waals surface area contributed by atoms with Gasteiger partial charge in [0.05, 0.1) is 6.10 Å². The monoisotopic (exact) mass is 400 g/mol. The zero-order valence-electron chi connectivity index (χ0n) is 19.5. The molecule has 4 aliphatic carbocycles. The molecule has 0 bridgehead atoms. The van der Waals surface area contributed by atoms with Crippen LogP contribution in [0.3, 0.4) is 0 Å². The van der Waals surface area contributed by atoms with Crippen LogP contribution in [0.25, 0.3) is 0 Å². The van der Waals surface area contributed by atoms with Gasteiger partial charge in [-0.2, -0.15) is 0 Å². The van der Waals surface area contributed by atoms with E-state index in [9.17, 15) is 9.90 Å². The molecule has 3 fully saturated rings. The number of rotatable bonds is 5. The number of carbonyl (C=O) groups is 1. The van der Waals surface area contributed by atoms with E-state index in [-0.39, 0.29) is 11.2 Å². The summed E-state index contributed by atoms with van der Waals surface area (Å²) in [6.45, 7) is 12.2. The number of carbonyl (C=O) groups excluding carboxylic acids is 1. The van der Waals surface area contributed by atoms with Gasteiger partial charge in [0.2, 0.25) is 0 Å². The molecule has 0 aliphatic heterocycles. The van der Waals surface area contributed by atoms with Crippen LogP contribution in [0.5, 0.6) is 0 Å². The van der Waals surface area contributed by atoms with Crippen molar-refractivity contribution in [2.75, 3.05) is 0 Å². The van der Waals surface area contributed by atoms with Crippen molar-refractivity contribution in [2.24, 2.45) is 46.3 Å². The maximum atomic E-state index is 12.1. The molecule has 1 unspecified atom stereocenters. The minimum atomic E-state index is -0.393. The zero-order valence-corrected chi connectivity index (χ0v) is 19.5. The Labute approximate surface area is 178 Å². The lowest BCUT2D eigenvalue weighted by atomic mass is 9.46. The molecule has 4 rings (SSSR count). The number of hydrogen-bond donors (Lipinski definition) is 1. The smallest absolute Gasteiger partial charge is 0.155 e. The van der Waals surface area contributed by atoms with E-state index in [1.54, 1.807) is 0 Å². The average Bonchev–Trinajstić information content (AvgIpc) is 3.00. The lowest BCUT2D eigenvalue weighted by molar-refractivity contribution is -0.119. The molecule has 2 heteroatoms. The van der Waals surface area contributed by atoms with Gasteiger partial charge in [-0.1, -0.05) is 53.9 Å². The number of fused-ring (bicyclic) bond motifs is 5. The van der Waals surface area contributed by atoms with Crippen molar-refractivity contribution < 1.29 is 9.90 Å². The van der Waals surface area contributed by atoms with Gasteiger partial charge in [-0.25, -0.2) is 0 Å². The van der Waals surface area contributed by atoms with Crippen molar-refractivity contribution in [1.82, 2.24) is 0 Å². The summed E-state index contributed by atoms with van der Waals surface area (Å²) in [7, 11) is 0. The molecule has 2 nitrogen and oxygen atoms in total. The summed E-state index contributed by atoms with van der Waals surface area (Å²) in [5, 5.41) is 11.1. The van der Waals surface area contributed by atoms with E-state index in [2.05, 4.69) is 34.6 Å². The topological polar surface area (TPSA) is 37.3 Å². The Morgan fingerprint density at radius 3 is 2.55 bits per heavy atom. The van der Waals surface area contributed by atoms with E-state index in [1.165, 1.54) is 44.9 Å². The summed E-state index contributed by atoms with van der Waals surface area (Å²) >= 11 is 0. The Kier molecular flexibility index (Phi) is 5.82. The fraction of sp³-hybridized carbons (Fsp3) is 0.889. The number of aliphatic hydroxyl groups is 1. The van der Waals surface area contributed by atoms with Gasteiger partial charge < -0.3 is 5.11 Å². The second-order valence-corrected chi connectivity index (χ2v) is 12.1. The average molecular weight is 401 g/mol. The molecular formula is C27H44O2. The van der Waals surface area contributed by atoms with Crippen LogP contribution >= 0.6 is 0 Å². The molecule has 8 atom stereocenters. The summed E-state index contributed by atoms with van der Waals surface area (Å²) < 4.78 is 0. The van der Waals surface area contributed by atoms with Gasteiger partial charge >= 0.3 is 0 Å². The highest BCUT2D eigenvalue weighted by atomic mass is 16.3. The summed E-state index contributed by atoms with van der Waals surface area (Å²) in [6.07, 6.45) is 13.5. The van der Waals surface area contributed by atoms with Gasteiger partial charge in [-0.3, -0.25) is 4.79 Å². The molecule has 0 aromatic carbocycles. The highest BCUT2D eigenvalue weighted by Crippen LogP contribution is 2.67. The van der Waals surface area contributed by atoms with Crippen molar-refractivity contribution in [2.45, 2.75) is 105 Å². The standard InChI is InChI=1S/C27H44O2/c1-17(2)7-6-8-18(3)21-9-10-22-20-16-25(29)24-15-19(28)11-13-27(24,5)23(20)12-14-26(21,22)4/h15,17-18,20-23,25,29H,6-14,16H2,1-5H3/t18-,20+,21-,22+,23+,25?,26-,27-/m1/s1. The van der Waals surface area contributed by atoms with Gasteiger partial charge in [0, 0.05) is 6.42 Å². The van der Waals surface area contributed by atoms with Crippen molar-refractivity contribution in [3.8, 4) is 0 Å². The SMILES string of the molecule is CC(C)CCC[C@@H](C)[C@H]1CC[C@H]2[C@@H]3CC(O)C4=CC(=O)CC[C@]4(C)[C@H]3CC[C@]12C. The maximum absolute atomic E-state index is 12.1. The number of hydrogen-bond acceptors (Lipinski definition) is 2. The van der Waals surface area contributed by atoms with E-state index >= 15 is 0 Å². The Balaban J connectivity index is 1.53. The van der Waals surface area contributed by atoms with E-state index in [0.29, 0.717) is 23.7 Å². The van der Waals surface area contributed by atoms with Crippen LogP contribution in [0.1, 0.15) is 98.8 Å². The lowest BCUT2D eigenvalue weighted by Crippen LogP contribution is -2.54. The second-order valence-electron chi connectivity index (χ2n) is 12.1. The normalized spacial score (nSPS) is 45.4. The third kappa shape index (κ3) is 3.56. The highest BCUT2D eigenvalue weighted by molar-refractivity contribution is 5.91. The van der Waals surface area contributed by atoms with Crippen LogP contribution in [0.4, 0.5) is 0 Å². The highest BCUT2D eigenvalue weighted by Gasteiger charge is 2.60. The predicted molar refractivity (Wildman–Crippen MR) is 119 cm³/mol. The molecule has 1 N–H and O–H groups in total. The van der Waals surface area contributed by atoms with Crippen molar-refractivity contribution in [1.29, 1.82) is 0 Å². The van der Waals surface area contributed by atoms with E-state index < -0.39 is 6.10 Å². The molecule has 0 amide bonds. The summed E-state index contributed by atoms with van der Waals surface area (Å²) in [5.74, 6) is 4.81. The summed E-state index contributed by atoms with van der Waals surface area (Å²) in [4.78, 5) is 12.1. The van der Waals surface area contributed by atoms with Gasteiger partial charge in [-0.05, 0) is 96.5 Å². The molecule has 29 heavy (non-hydrogen) atoms. The molecule has 0 spiro atoms. The first-order valence-corrected chi connectivity index (χ1v) is 12.6. The Hall–Kier alpha value is -0.630. The van der Waals surface area contributed by atoms with Crippen molar-refractivity contribution in [3.05, 3.63) is 11.6 Å². The molecule has 4 aliphatic rings. The van der Waals surface area contributed by atoms with E-state index in [4.69, 9.17) is 0 Å². The van der Waals surface area contributed by atoms with Crippen LogP contribution in [0, 0.1) is 46.3 Å². The Morgan fingerprint density at radius 2 is 1.83 bits per heavy atom. The summed E-state index contributed by atoms with van der Waals surface area (Å²) in [5.41, 5.74) is 1.59. The first-order valence-electron chi connectivity index (χ1n) is 12.6. The van der Waals surface area contributed by atoms with Gasteiger partial charge in [0.25, 0.3) is 0 Å². The van der Waals surface area contributed by atoms with E-state index in [0.717, 1.165) is 42.1 Å². The zero-order chi connectivity index (χ0) is 21.0.